The highest BCUT2D eigenvalue weighted by atomic mass is 32.2. The Hall–Kier alpha value is -2.54. The van der Waals surface area contributed by atoms with Crippen molar-refractivity contribution in [2.75, 3.05) is 13.7 Å². The van der Waals surface area contributed by atoms with Gasteiger partial charge in [0.05, 0.1) is 11.5 Å². The van der Waals surface area contributed by atoms with E-state index in [1.54, 1.807) is 23.8 Å². The Morgan fingerprint density at radius 3 is 2.71 bits per heavy atom. The number of amides is 2. The number of likely N-dealkylation sites (N-methyl/N-ethyl adjacent to an activating group) is 1. The average molecular weight is 344 g/mol. The van der Waals surface area contributed by atoms with Gasteiger partial charge in [0.25, 0.3) is 11.1 Å². The van der Waals surface area contributed by atoms with Crippen LogP contribution < -0.4 is 0 Å². The Morgan fingerprint density at radius 1 is 1.29 bits per heavy atom. The molecule has 0 saturated carbocycles. The quantitative estimate of drug-likeness (QED) is 0.630. The van der Waals surface area contributed by atoms with E-state index in [0.717, 1.165) is 33.1 Å². The molecule has 0 aliphatic carbocycles. The van der Waals surface area contributed by atoms with Crippen molar-refractivity contribution >= 4 is 45.9 Å². The zero-order valence-corrected chi connectivity index (χ0v) is 14.1. The molecule has 24 heavy (non-hydrogen) atoms. The van der Waals surface area contributed by atoms with E-state index in [4.69, 9.17) is 4.74 Å². The molecule has 1 aromatic heterocycles. The van der Waals surface area contributed by atoms with Gasteiger partial charge in [0.2, 0.25) is 0 Å². The Morgan fingerprint density at radius 2 is 2.04 bits per heavy atom. The largest absolute Gasteiger partial charge is 0.465 e. The van der Waals surface area contributed by atoms with E-state index in [0.29, 0.717) is 11.5 Å². The first kappa shape index (κ1) is 16.3. The molecular weight excluding hydrogens is 328 g/mol. The number of fused-ring (bicyclic) bond motifs is 1. The van der Waals surface area contributed by atoms with Crippen LogP contribution in [0.3, 0.4) is 0 Å². The van der Waals surface area contributed by atoms with Gasteiger partial charge in [-0.3, -0.25) is 19.3 Å². The summed E-state index contributed by atoms with van der Waals surface area (Å²) >= 11 is 0.914. The third-order valence-corrected chi connectivity index (χ3v) is 4.66. The zero-order valence-electron chi connectivity index (χ0n) is 13.3. The summed E-state index contributed by atoms with van der Waals surface area (Å²) in [6.07, 6.45) is 3.49. The lowest BCUT2D eigenvalue weighted by Gasteiger charge is -2.04. The van der Waals surface area contributed by atoms with Crippen LogP contribution in [0.2, 0.25) is 0 Å². The predicted octanol–water partition coefficient (Wildman–Crippen LogP) is 2.87. The Balaban J connectivity index is 2.02. The molecular formula is C17H16N2O4S. The summed E-state index contributed by atoms with van der Waals surface area (Å²) in [6, 6.07) is 7.59. The second-order valence-electron chi connectivity index (χ2n) is 5.28. The van der Waals surface area contributed by atoms with E-state index in [1.165, 1.54) is 7.05 Å². The molecule has 3 rings (SSSR count). The van der Waals surface area contributed by atoms with Gasteiger partial charge in [-0.1, -0.05) is 18.2 Å². The highest BCUT2D eigenvalue weighted by molar-refractivity contribution is 8.18. The summed E-state index contributed by atoms with van der Waals surface area (Å²) in [5, 5.41) is 0.617. The number of ether oxygens (including phenoxy) is 1. The molecule has 0 spiro atoms. The lowest BCUT2D eigenvalue weighted by Crippen LogP contribution is -2.22. The lowest BCUT2D eigenvalue weighted by atomic mass is 10.1. The summed E-state index contributed by atoms with van der Waals surface area (Å²) in [5.74, 6) is -0.633. The minimum absolute atomic E-state index is 0.0947. The first-order valence-electron chi connectivity index (χ1n) is 7.46. The summed E-state index contributed by atoms with van der Waals surface area (Å²) in [4.78, 5) is 36.9. The van der Waals surface area contributed by atoms with Crippen molar-refractivity contribution in [3.8, 4) is 0 Å². The topological polar surface area (TPSA) is 68.6 Å². The fourth-order valence-electron chi connectivity index (χ4n) is 2.55. The van der Waals surface area contributed by atoms with Crippen LogP contribution in [0, 0.1) is 0 Å². The molecule has 1 aliphatic rings. The standard InChI is InChI=1S/C17H16N2O4S/c1-3-23-15(20)10-19-9-11(12-6-4-5-7-13(12)19)8-14-16(21)18(2)17(22)24-14/h4-9H,3,10H2,1-2H3/b14-8-. The number of thioether (sulfide) groups is 1. The van der Waals surface area contributed by atoms with Crippen molar-refractivity contribution in [2.24, 2.45) is 0 Å². The van der Waals surface area contributed by atoms with Crippen LogP contribution in [0.1, 0.15) is 12.5 Å². The Labute approximate surface area is 143 Å². The third-order valence-electron chi connectivity index (χ3n) is 3.70. The first-order valence-corrected chi connectivity index (χ1v) is 8.28. The second-order valence-corrected chi connectivity index (χ2v) is 6.27. The average Bonchev–Trinajstić information content (AvgIpc) is 3.02. The molecule has 1 saturated heterocycles. The van der Waals surface area contributed by atoms with Gasteiger partial charge in [-0.25, -0.2) is 0 Å². The molecule has 7 heteroatoms. The molecule has 1 aliphatic heterocycles. The van der Waals surface area contributed by atoms with Gasteiger partial charge in [0.1, 0.15) is 6.54 Å². The van der Waals surface area contributed by atoms with Crippen LogP contribution in [0.25, 0.3) is 17.0 Å². The maximum Gasteiger partial charge on any atom is 0.325 e. The number of benzene rings is 1. The van der Waals surface area contributed by atoms with Crippen LogP contribution in [-0.2, 0) is 20.9 Å². The molecule has 124 valence electrons. The van der Waals surface area contributed by atoms with Gasteiger partial charge in [-0.2, -0.15) is 0 Å². The third kappa shape index (κ3) is 2.94. The number of hydrogen-bond acceptors (Lipinski definition) is 5. The first-order chi connectivity index (χ1) is 11.5. The molecule has 0 N–H and O–H groups in total. The molecule has 0 bridgehead atoms. The van der Waals surface area contributed by atoms with E-state index in [2.05, 4.69) is 0 Å². The number of carbonyl (C=O) groups is 3. The van der Waals surface area contributed by atoms with Gasteiger partial charge in [-0.05, 0) is 30.8 Å². The van der Waals surface area contributed by atoms with E-state index in [9.17, 15) is 14.4 Å². The van der Waals surface area contributed by atoms with Crippen LogP contribution in [0.5, 0.6) is 0 Å². The van der Waals surface area contributed by atoms with Gasteiger partial charge in [-0.15, -0.1) is 0 Å². The van der Waals surface area contributed by atoms with E-state index in [1.807, 2.05) is 24.3 Å². The van der Waals surface area contributed by atoms with Gasteiger partial charge in [0, 0.05) is 29.7 Å². The monoisotopic (exact) mass is 344 g/mol. The summed E-state index contributed by atoms with van der Waals surface area (Å²) < 4.78 is 6.78. The van der Waals surface area contributed by atoms with Crippen molar-refractivity contribution in [2.45, 2.75) is 13.5 Å². The molecule has 2 heterocycles. The number of imide groups is 1. The fraction of sp³-hybridized carbons (Fsp3) is 0.235. The predicted molar refractivity (Wildman–Crippen MR) is 92.3 cm³/mol. The summed E-state index contributed by atoms with van der Waals surface area (Å²) in [7, 11) is 1.46. The lowest BCUT2D eigenvalue weighted by molar-refractivity contribution is -0.143. The molecule has 6 nitrogen and oxygen atoms in total. The second kappa shape index (κ2) is 6.52. The Kier molecular flexibility index (Phi) is 4.44. The van der Waals surface area contributed by atoms with E-state index in [-0.39, 0.29) is 23.7 Å². The van der Waals surface area contributed by atoms with Crippen molar-refractivity contribution < 1.29 is 19.1 Å². The maximum atomic E-state index is 12.1. The van der Waals surface area contributed by atoms with E-state index < -0.39 is 0 Å². The molecule has 0 atom stereocenters. The maximum absolute atomic E-state index is 12.1. The number of hydrogen-bond donors (Lipinski definition) is 0. The smallest absolute Gasteiger partial charge is 0.325 e. The minimum Gasteiger partial charge on any atom is -0.465 e. The number of para-hydroxylation sites is 1. The summed E-state index contributed by atoms with van der Waals surface area (Å²) in [6.45, 7) is 2.18. The Bertz CT molecular complexity index is 869. The number of carbonyl (C=O) groups excluding carboxylic acids is 3. The molecule has 1 fully saturated rings. The van der Waals surface area contributed by atoms with Crippen LogP contribution in [0.15, 0.2) is 35.4 Å². The normalized spacial score (nSPS) is 16.4. The van der Waals surface area contributed by atoms with Gasteiger partial charge >= 0.3 is 5.97 Å². The fourth-order valence-corrected chi connectivity index (χ4v) is 3.37. The van der Waals surface area contributed by atoms with E-state index >= 15 is 0 Å². The number of nitrogens with zero attached hydrogens (tertiary/aromatic N) is 2. The summed E-state index contributed by atoms with van der Waals surface area (Å²) in [5.41, 5.74) is 1.65. The van der Waals surface area contributed by atoms with Crippen molar-refractivity contribution in [1.82, 2.24) is 9.47 Å². The van der Waals surface area contributed by atoms with Crippen LogP contribution >= 0.6 is 11.8 Å². The van der Waals surface area contributed by atoms with Crippen molar-refractivity contribution in [3.05, 3.63) is 40.9 Å². The van der Waals surface area contributed by atoms with Gasteiger partial charge in [0.15, 0.2) is 0 Å². The highest BCUT2D eigenvalue weighted by Crippen LogP contribution is 2.33. The van der Waals surface area contributed by atoms with Crippen LogP contribution in [0.4, 0.5) is 4.79 Å². The minimum atomic E-state index is -0.321. The van der Waals surface area contributed by atoms with Gasteiger partial charge < -0.3 is 9.30 Å². The van der Waals surface area contributed by atoms with Crippen molar-refractivity contribution in [1.29, 1.82) is 0 Å². The molecule has 0 unspecified atom stereocenters. The SMILES string of the molecule is CCOC(=O)Cn1cc(/C=C2\SC(=O)N(C)C2=O)c2ccccc21. The molecule has 2 aromatic rings. The zero-order chi connectivity index (χ0) is 17.3. The molecule has 1 aromatic carbocycles. The highest BCUT2D eigenvalue weighted by Gasteiger charge is 2.32. The number of aromatic nitrogens is 1. The number of rotatable bonds is 4. The molecule has 2 amide bonds. The number of esters is 1. The van der Waals surface area contributed by atoms with Crippen LogP contribution in [-0.4, -0.2) is 40.2 Å². The molecule has 0 radical (unpaired) electrons. The van der Waals surface area contributed by atoms with Crippen molar-refractivity contribution in [3.63, 3.8) is 0 Å².